The number of sulfonamides is 1. The number of amides is 1. The lowest BCUT2D eigenvalue weighted by Gasteiger charge is -2.26. The third kappa shape index (κ3) is 6.40. The van der Waals surface area contributed by atoms with Gasteiger partial charge in [-0.3, -0.25) is 9.59 Å². The second kappa shape index (κ2) is 11.4. The molecule has 1 unspecified atom stereocenters. The molecule has 0 saturated carbocycles. The molecule has 33 heavy (non-hydrogen) atoms. The molecule has 1 aliphatic rings. The quantitative estimate of drug-likeness (QED) is 0.559. The van der Waals surface area contributed by atoms with Gasteiger partial charge in [0.05, 0.1) is 30.6 Å². The van der Waals surface area contributed by atoms with Crippen LogP contribution in [0.15, 0.2) is 53.4 Å². The fourth-order valence-corrected chi connectivity index (χ4v) is 5.09. The zero-order valence-electron chi connectivity index (χ0n) is 19.0. The van der Waals surface area contributed by atoms with Crippen LogP contribution >= 0.6 is 0 Å². The highest BCUT2D eigenvalue weighted by Crippen LogP contribution is 2.21. The van der Waals surface area contributed by atoms with Crippen LogP contribution in [0.25, 0.3) is 0 Å². The highest BCUT2D eigenvalue weighted by molar-refractivity contribution is 7.89. The number of nitrogens with one attached hydrogen (secondary N) is 1. The first kappa shape index (κ1) is 24.9. The van der Waals surface area contributed by atoms with Crippen molar-refractivity contribution in [3.05, 3.63) is 65.2 Å². The standard InChI is InChI=1S/C24H30N2O6S/c1-3-32-24(28)20(15-19-7-5-4-6-8-19)17-25-23(27)22-16-21(10-9-18(22)2)33(29,30)26-11-13-31-14-12-26/h4-10,16,20H,3,11-15,17H2,1-2H3,(H,25,27). The summed E-state index contributed by atoms with van der Waals surface area (Å²) in [6, 6.07) is 14.0. The predicted octanol–water partition coefficient (Wildman–Crippen LogP) is 2.17. The average Bonchev–Trinajstić information content (AvgIpc) is 2.83. The summed E-state index contributed by atoms with van der Waals surface area (Å²) in [4.78, 5) is 25.5. The van der Waals surface area contributed by atoms with E-state index in [9.17, 15) is 18.0 Å². The van der Waals surface area contributed by atoms with Crippen LogP contribution in [0.1, 0.15) is 28.4 Å². The molecule has 2 aromatic carbocycles. The van der Waals surface area contributed by atoms with Gasteiger partial charge in [0.1, 0.15) is 0 Å². The summed E-state index contributed by atoms with van der Waals surface area (Å²) in [5, 5.41) is 2.79. The van der Waals surface area contributed by atoms with E-state index in [0.29, 0.717) is 25.2 Å². The van der Waals surface area contributed by atoms with Crippen LogP contribution in [0.5, 0.6) is 0 Å². The van der Waals surface area contributed by atoms with Crippen LogP contribution in [0, 0.1) is 12.8 Å². The number of morpholine rings is 1. The number of carbonyl (C=O) groups is 2. The number of ether oxygens (including phenoxy) is 2. The summed E-state index contributed by atoms with van der Waals surface area (Å²) in [7, 11) is -3.73. The Morgan fingerprint density at radius 1 is 1.12 bits per heavy atom. The topological polar surface area (TPSA) is 102 Å². The van der Waals surface area contributed by atoms with Crippen LogP contribution < -0.4 is 5.32 Å². The van der Waals surface area contributed by atoms with Crippen LogP contribution in [-0.2, 0) is 30.7 Å². The molecule has 3 rings (SSSR count). The lowest BCUT2D eigenvalue weighted by atomic mass is 9.99. The van der Waals surface area contributed by atoms with Gasteiger partial charge in [-0.2, -0.15) is 4.31 Å². The smallest absolute Gasteiger partial charge is 0.311 e. The van der Waals surface area contributed by atoms with Crippen molar-refractivity contribution in [3.63, 3.8) is 0 Å². The van der Waals surface area contributed by atoms with E-state index in [1.807, 2.05) is 30.3 Å². The van der Waals surface area contributed by atoms with Crippen molar-refractivity contribution in [1.29, 1.82) is 0 Å². The van der Waals surface area contributed by atoms with Gasteiger partial charge in [-0.15, -0.1) is 0 Å². The zero-order valence-corrected chi connectivity index (χ0v) is 19.8. The molecular formula is C24H30N2O6S. The maximum atomic E-state index is 13.0. The number of benzene rings is 2. The lowest BCUT2D eigenvalue weighted by Crippen LogP contribution is -2.40. The Balaban J connectivity index is 1.75. The molecule has 1 N–H and O–H groups in total. The van der Waals surface area contributed by atoms with Crippen molar-refractivity contribution in [2.75, 3.05) is 39.5 Å². The van der Waals surface area contributed by atoms with Crippen molar-refractivity contribution in [2.45, 2.75) is 25.2 Å². The number of hydrogen-bond donors (Lipinski definition) is 1. The highest BCUT2D eigenvalue weighted by atomic mass is 32.2. The maximum Gasteiger partial charge on any atom is 0.311 e. The third-order valence-electron chi connectivity index (χ3n) is 5.52. The van der Waals surface area contributed by atoms with Crippen molar-refractivity contribution in [2.24, 2.45) is 5.92 Å². The summed E-state index contributed by atoms with van der Waals surface area (Å²) in [6.45, 7) is 5.04. The normalized spacial score (nSPS) is 15.6. The van der Waals surface area contributed by atoms with Crippen LogP contribution in [0.4, 0.5) is 0 Å². The molecule has 0 radical (unpaired) electrons. The molecule has 2 aromatic rings. The minimum absolute atomic E-state index is 0.0615. The molecule has 0 bridgehead atoms. The molecule has 1 fully saturated rings. The monoisotopic (exact) mass is 474 g/mol. The van der Waals surface area contributed by atoms with E-state index in [4.69, 9.17) is 9.47 Å². The molecule has 1 saturated heterocycles. The number of nitrogens with zero attached hydrogens (tertiary/aromatic N) is 1. The molecule has 1 atom stereocenters. The average molecular weight is 475 g/mol. The lowest BCUT2D eigenvalue weighted by molar-refractivity contribution is -0.147. The predicted molar refractivity (Wildman–Crippen MR) is 123 cm³/mol. The van der Waals surface area contributed by atoms with Gasteiger partial charge in [0, 0.05) is 25.2 Å². The highest BCUT2D eigenvalue weighted by Gasteiger charge is 2.28. The van der Waals surface area contributed by atoms with Crippen molar-refractivity contribution >= 4 is 21.9 Å². The van der Waals surface area contributed by atoms with Gasteiger partial charge in [-0.25, -0.2) is 8.42 Å². The largest absolute Gasteiger partial charge is 0.466 e. The Hall–Kier alpha value is -2.75. The van der Waals surface area contributed by atoms with Crippen molar-refractivity contribution in [3.8, 4) is 0 Å². The Morgan fingerprint density at radius 2 is 1.82 bits per heavy atom. The number of aryl methyl sites for hydroxylation is 1. The molecular weight excluding hydrogens is 444 g/mol. The first-order valence-corrected chi connectivity index (χ1v) is 12.4. The fraction of sp³-hybridized carbons (Fsp3) is 0.417. The molecule has 9 heteroatoms. The van der Waals surface area contributed by atoms with E-state index < -0.39 is 21.8 Å². The summed E-state index contributed by atoms with van der Waals surface area (Å²) < 4.78 is 37.7. The number of esters is 1. The van der Waals surface area contributed by atoms with Gasteiger partial charge in [0.15, 0.2) is 0 Å². The molecule has 1 heterocycles. The third-order valence-corrected chi connectivity index (χ3v) is 7.41. The zero-order chi connectivity index (χ0) is 23.8. The minimum atomic E-state index is -3.73. The van der Waals surface area contributed by atoms with Crippen molar-refractivity contribution < 1.29 is 27.5 Å². The summed E-state index contributed by atoms with van der Waals surface area (Å²) >= 11 is 0. The molecule has 8 nitrogen and oxygen atoms in total. The fourth-order valence-electron chi connectivity index (χ4n) is 3.65. The van der Waals surface area contributed by atoms with Crippen LogP contribution in [0.3, 0.4) is 0 Å². The first-order valence-electron chi connectivity index (χ1n) is 11.0. The van der Waals surface area contributed by atoms with Gasteiger partial charge >= 0.3 is 5.97 Å². The number of carbonyl (C=O) groups excluding carboxylic acids is 2. The van der Waals surface area contributed by atoms with E-state index >= 15 is 0 Å². The second-order valence-electron chi connectivity index (χ2n) is 7.84. The van der Waals surface area contributed by atoms with Crippen LogP contribution in [0.2, 0.25) is 0 Å². The molecule has 1 aliphatic heterocycles. The van der Waals surface area contributed by atoms with E-state index in [-0.39, 0.29) is 42.7 Å². The minimum Gasteiger partial charge on any atom is -0.466 e. The van der Waals surface area contributed by atoms with Gasteiger partial charge in [0.25, 0.3) is 5.91 Å². The number of rotatable bonds is 9. The molecule has 178 valence electrons. The summed E-state index contributed by atoms with van der Waals surface area (Å²) in [6.07, 6.45) is 0.421. The Morgan fingerprint density at radius 3 is 2.48 bits per heavy atom. The summed E-state index contributed by atoms with van der Waals surface area (Å²) in [5.41, 5.74) is 1.86. The van der Waals surface area contributed by atoms with Gasteiger partial charge < -0.3 is 14.8 Å². The Labute approximate surface area is 194 Å². The van der Waals surface area contributed by atoms with Gasteiger partial charge in [-0.05, 0) is 43.5 Å². The molecule has 1 amide bonds. The van der Waals surface area contributed by atoms with E-state index in [0.717, 1.165) is 5.56 Å². The van der Waals surface area contributed by atoms with Gasteiger partial charge in [-0.1, -0.05) is 36.4 Å². The Kier molecular flexibility index (Phi) is 8.60. The van der Waals surface area contributed by atoms with Gasteiger partial charge in [0.2, 0.25) is 10.0 Å². The summed E-state index contributed by atoms with van der Waals surface area (Å²) in [5.74, 6) is -1.38. The first-order chi connectivity index (χ1) is 15.8. The maximum absolute atomic E-state index is 13.0. The van der Waals surface area contributed by atoms with E-state index in [2.05, 4.69) is 5.32 Å². The van der Waals surface area contributed by atoms with Crippen LogP contribution in [-0.4, -0.2) is 64.1 Å². The molecule has 0 aliphatic carbocycles. The molecule has 0 spiro atoms. The second-order valence-corrected chi connectivity index (χ2v) is 9.78. The van der Waals surface area contributed by atoms with E-state index in [1.54, 1.807) is 19.9 Å². The van der Waals surface area contributed by atoms with E-state index in [1.165, 1.54) is 16.4 Å². The SMILES string of the molecule is CCOC(=O)C(CNC(=O)c1cc(S(=O)(=O)N2CCOCC2)ccc1C)Cc1ccccc1. The van der Waals surface area contributed by atoms with Crippen molar-refractivity contribution in [1.82, 2.24) is 9.62 Å². The molecule has 0 aromatic heterocycles. The Bertz CT molecular complexity index is 1070. The number of hydrogen-bond acceptors (Lipinski definition) is 6.